The van der Waals surface area contributed by atoms with E-state index in [1.165, 1.54) is 24.1 Å². The number of anilines is 4. The molecule has 0 aliphatic rings. The third kappa shape index (κ3) is 4.30. The van der Waals surface area contributed by atoms with Gasteiger partial charge in [-0.15, -0.1) is 0 Å². The molecule has 0 saturated carbocycles. The molecule has 0 unspecified atom stereocenters. The summed E-state index contributed by atoms with van der Waals surface area (Å²) in [5.74, 6) is -0.222. The highest BCUT2D eigenvalue weighted by atomic mass is 19.4. The molecule has 3 aromatic rings. The number of ether oxygens (including phenoxy) is 1. The lowest BCUT2D eigenvalue weighted by Gasteiger charge is -2.20. The van der Waals surface area contributed by atoms with Crippen molar-refractivity contribution in [1.29, 1.82) is 0 Å². The van der Waals surface area contributed by atoms with E-state index < -0.39 is 23.4 Å². The molecule has 146 valence electrons. The van der Waals surface area contributed by atoms with Crippen molar-refractivity contribution in [2.45, 2.75) is 6.18 Å². The molecule has 1 aromatic heterocycles. The van der Waals surface area contributed by atoms with E-state index in [-0.39, 0.29) is 11.6 Å². The Bertz CT molecular complexity index is 944. The van der Waals surface area contributed by atoms with Gasteiger partial charge in [-0.3, -0.25) is 0 Å². The summed E-state index contributed by atoms with van der Waals surface area (Å²) < 4.78 is 58.2. The van der Waals surface area contributed by atoms with Crippen LogP contribution in [0.3, 0.4) is 0 Å². The fraction of sp³-hybridized carbons (Fsp3) is 0.158. The zero-order valence-corrected chi connectivity index (χ0v) is 15.0. The van der Waals surface area contributed by atoms with Crippen molar-refractivity contribution in [1.82, 2.24) is 9.97 Å². The summed E-state index contributed by atoms with van der Waals surface area (Å²) in [6.45, 7) is 0. The lowest BCUT2D eigenvalue weighted by molar-refractivity contribution is -0.137. The van der Waals surface area contributed by atoms with Gasteiger partial charge >= 0.3 is 6.18 Å². The number of hydrogen-bond donors (Lipinski definition) is 1. The zero-order valence-electron chi connectivity index (χ0n) is 15.0. The number of alkyl halides is 3. The normalized spacial score (nSPS) is 11.2. The Morgan fingerprint density at radius 3 is 2.21 bits per heavy atom. The molecule has 0 fully saturated rings. The van der Waals surface area contributed by atoms with Crippen LogP contribution in [0.1, 0.15) is 5.56 Å². The maximum absolute atomic E-state index is 13.3. The average Bonchev–Trinajstić information content (AvgIpc) is 2.68. The van der Waals surface area contributed by atoms with Gasteiger partial charge in [-0.2, -0.15) is 18.2 Å². The Hall–Kier alpha value is -3.36. The number of nitrogens with one attached hydrogen (secondary N) is 1. The lowest BCUT2D eigenvalue weighted by Crippen LogP contribution is -2.17. The monoisotopic (exact) mass is 392 g/mol. The van der Waals surface area contributed by atoms with Crippen LogP contribution in [0.2, 0.25) is 0 Å². The van der Waals surface area contributed by atoms with E-state index in [1.807, 2.05) is 0 Å². The Labute approximate surface area is 158 Å². The van der Waals surface area contributed by atoms with Crippen LogP contribution in [-0.2, 0) is 6.18 Å². The van der Waals surface area contributed by atoms with Crippen LogP contribution >= 0.6 is 0 Å². The van der Waals surface area contributed by atoms with E-state index in [9.17, 15) is 17.6 Å². The number of aromatic nitrogens is 2. The van der Waals surface area contributed by atoms with Crippen LogP contribution in [0, 0.1) is 5.82 Å². The largest absolute Gasteiger partial charge is 0.497 e. The lowest BCUT2D eigenvalue weighted by atomic mass is 10.2. The highest BCUT2D eigenvalue weighted by molar-refractivity contribution is 5.64. The van der Waals surface area contributed by atoms with Gasteiger partial charge in [0.05, 0.1) is 7.11 Å². The summed E-state index contributed by atoms with van der Waals surface area (Å²) in [6, 6.07) is 11.8. The molecule has 1 N–H and O–H groups in total. The van der Waals surface area contributed by atoms with Crippen LogP contribution in [0.25, 0.3) is 0 Å². The molecule has 5 nitrogen and oxygen atoms in total. The van der Waals surface area contributed by atoms with E-state index in [0.29, 0.717) is 17.6 Å². The zero-order chi connectivity index (χ0) is 20.3. The minimum Gasteiger partial charge on any atom is -0.497 e. The molecule has 1 heterocycles. The minimum atomic E-state index is -4.65. The van der Waals surface area contributed by atoms with Gasteiger partial charge < -0.3 is 15.0 Å². The first-order valence-electron chi connectivity index (χ1n) is 8.12. The fourth-order valence-electron chi connectivity index (χ4n) is 2.43. The highest BCUT2D eigenvalue weighted by Gasteiger charge is 2.35. The molecule has 0 spiro atoms. The van der Waals surface area contributed by atoms with Crippen LogP contribution in [0.15, 0.2) is 54.7 Å². The second kappa shape index (κ2) is 7.71. The van der Waals surface area contributed by atoms with Crippen molar-refractivity contribution < 1.29 is 22.3 Å². The van der Waals surface area contributed by atoms with Gasteiger partial charge in [0.25, 0.3) is 0 Å². The summed E-state index contributed by atoms with van der Waals surface area (Å²) in [7, 11) is 3.16. The first-order valence-corrected chi connectivity index (χ1v) is 8.12. The van der Waals surface area contributed by atoms with Crippen molar-refractivity contribution in [3.8, 4) is 5.75 Å². The molecule has 0 atom stereocenters. The van der Waals surface area contributed by atoms with Gasteiger partial charge in [0.15, 0.2) is 0 Å². The maximum Gasteiger partial charge on any atom is 0.421 e. The Morgan fingerprint density at radius 2 is 1.64 bits per heavy atom. The van der Waals surface area contributed by atoms with Gasteiger partial charge in [-0.25, -0.2) is 9.37 Å². The number of hydrogen-bond acceptors (Lipinski definition) is 5. The van der Waals surface area contributed by atoms with Gasteiger partial charge in [-0.05, 0) is 48.5 Å². The molecule has 3 rings (SSSR count). The first kappa shape index (κ1) is 19.4. The molecule has 2 aromatic carbocycles. The standard InChI is InChI=1S/C19H16F4N4O/c1-27(14-7-9-15(28-2)10-8-14)18-24-11-16(19(21,22)23)17(26-18)25-13-5-3-12(20)4-6-13/h3-11H,1-2H3,(H,24,25,26). The molecule has 0 bridgehead atoms. The summed E-state index contributed by atoms with van der Waals surface area (Å²) in [5, 5.41) is 2.59. The third-order valence-corrected chi connectivity index (χ3v) is 3.95. The van der Waals surface area contributed by atoms with Crippen molar-refractivity contribution in [3.63, 3.8) is 0 Å². The quantitative estimate of drug-likeness (QED) is 0.608. The molecule has 0 amide bonds. The summed E-state index contributed by atoms with van der Waals surface area (Å²) in [5.41, 5.74) is -0.0966. The van der Waals surface area contributed by atoms with Crippen LogP contribution < -0.4 is 15.0 Å². The van der Waals surface area contributed by atoms with Crippen LogP contribution in [-0.4, -0.2) is 24.1 Å². The summed E-state index contributed by atoms with van der Waals surface area (Å²) >= 11 is 0. The van der Waals surface area contributed by atoms with E-state index in [0.717, 1.165) is 12.1 Å². The second-order valence-corrected chi connectivity index (χ2v) is 5.82. The second-order valence-electron chi connectivity index (χ2n) is 5.82. The van der Waals surface area contributed by atoms with Gasteiger partial charge in [0.2, 0.25) is 5.95 Å². The van der Waals surface area contributed by atoms with Crippen molar-refractivity contribution in [3.05, 3.63) is 66.1 Å². The van der Waals surface area contributed by atoms with Crippen molar-refractivity contribution in [2.24, 2.45) is 0 Å². The summed E-state index contributed by atoms with van der Waals surface area (Å²) in [4.78, 5) is 9.42. The van der Waals surface area contributed by atoms with Gasteiger partial charge in [0.1, 0.15) is 22.9 Å². The predicted molar refractivity (Wildman–Crippen MR) is 97.8 cm³/mol. The Kier molecular flexibility index (Phi) is 5.34. The van der Waals surface area contributed by atoms with E-state index >= 15 is 0 Å². The van der Waals surface area contributed by atoms with Crippen LogP contribution in [0.5, 0.6) is 5.75 Å². The fourth-order valence-corrected chi connectivity index (χ4v) is 2.43. The van der Waals surface area contributed by atoms with E-state index in [4.69, 9.17) is 4.74 Å². The summed E-state index contributed by atoms with van der Waals surface area (Å²) in [6.07, 6.45) is -3.94. The van der Waals surface area contributed by atoms with E-state index in [1.54, 1.807) is 31.3 Å². The number of benzene rings is 2. The first-order chi connectivity index (χ1) is 13.3. The van der Waals surface area contributed by atoms with Gasteiger partial charge in [-0.1, -0.05) is 0 Å². The Balaban J connectivity index is 1.97. The molecular formula is C19H16F4N4O. The predicted octanol–water partition coefficient (Wildman–Crippen LogP) is 5.15. The molecule has 0 radical (unpaired) electrons. The molecule has 0 aliphatic carbocycles. The van der Waals surface area contributed by atoms with Gasteiger partial charge in [0, 0.05) is 24.6 Å². The Morgan fingerprint density at radius 1 is 1.00 bits per heavy atom. The molecule has 0 saturated heterocycles. The number of halogens is 4. The number of nitrogens with zero attached hydrogens (tertiary/aromatic N) is 3. The van der Waals surface area contributed by atoms with Crippen molar-refractivity contribution >= 4 is 23.1 Å². The molecule has 28 heavy (non-hydrogen) atoms. The van der Waals surface area contributed by atoms with E-state index in [2.05, 4.69) is 15.3 Å². The SMILES string of the molecule is COc1ccc(N(C)c2ncc(C(F)(F)F)c(Nc3ccc(F)cc3)n2)cc1. The third-order valence-electron chi connectivity index (χ3n) is 3.95. The minimum absolute atomic E-state index is 0.0581. The highest BCUT2D eigenvalue weighted by Crippen LogP contribution is 2.36. The number of rotatable bonds is 5. The molecule has 9 heteroatoms. The molecule has 0 aliphatic heterocycles. The smallest absolute Gasteiger partial charge is 0.421 e. The molecular weight excluding hydrogens is 376 g/mol. The average molecular weight is 392 g/mol. The number of methoxy groups -OCH3 is 1. The van der Waals surface area contributed by atoms with Crippen LogP contribution in [0.4, 0.5) is 40.7 Å². The van der Waals surface area contributed by atoms with Crippen molar-refractivity contribution in [2.75, 3.05) is 24.4 Å². The topological polar surface area (TPSA) is 50.3 Å². The maximum atomic E-state index is 13.3.